The number of aldehydes is 1. The maximum Gasteiger partial charge on any atom is 0.229 e. The highest BCUT2D eigenvalue weighted by atomic mass is 32.1. The number of rotatable bonds is 8. The maximum atomic E-state index is 11.1. The molecule has 3 N–H and O–H groups in total. The van der Waals surface area contributed by atoms with Crippen molar-refractivity contribution < 1.29 is 9.53 Å². The predicted molar refractivity (Wildman–Crippen MR) is 123 cm³/mol. The predicted octanol–water partition coefficient (Wildman–Crippen LogP) is 4.76. The van der Waals surface area contributed by atoms with Crippen molar-refractivity contribution >= 4 is 40.3 Å². The number of aromatic nitrogens is 3. The second-order valence-corrected chi connectivity index (χ2v) is 8.65. The van der Waals surface area contributed by atoms with Gasteiger partial charge in [0.25, 0.3) is 0 Å². The number of carbonyl (C=O) groups excluding carboxylic acids is 1. The van der Waals surface area contributed by atoms with Gasteiger partial charge in [-0.25, -0.2) is 4.98 Å². The average Bonchev–Trinajstić information content (AvgIpc) is 3.56. The summed E-state index contributed by atoms with van der Waals surface area (Å²) in [4.78, 5) is 25.1. The molecule has 7 nitrogen and oxygen atoms in total. The van der Waals surface area contributed by atoms with E-state index in [2.05, 4.69) is 20.6 Å². The number of H-pyrrole nitrogens is 1. The number of hydrogen-bond donors (Lipinski definition) is 3. The normalized spacial score (nSPS) is 15.9. The Morgan fingerprint density at radius 3 is 2.84 bits per heavy atom. The van der Waals surface area contributed by atoms with E-state index in [9.17, 15) is 4.79 Å². The Bertz CT molecular complexity index is 1180. The zero-order valence-corrected chi connectivity index (χ0v) is 17.7. The molecule has 31 heavy (non-hydrogen) atoms. The molecule has 0 amide bonds. The molecule has 1 atom stereocenters. The van der Waals surface area contributed by atoms with E-state index >= 15 is 0 Å². The van der Waals surface area contributed by atoms with Crippen LogP contribution in [0, 0.1) is 0 Å². The van der Waals surface area contributed by atoms with Crippen LogP contribution >= 0.6 is 11.3 Å². The van der Waals surface area contributed by atoms with Gasteiger partial charge in [0, 0.05) is 23.3 Å². The monoisotopic (exact) mass is 433 g/mol. The number of nitrogens with one attached hydrogen (secondary N) is 3. The van der Waals surface area contributed by atoms with Crippen molar-refractivity contribution in [2.75, 3.05) is 18.5 Å². The number of anilines is 2. The smallest absolute Gasteiger partial charge is 0.229 e. The van der Waals surface area contributed by atoms with E-state index in [4.69, 9.17) is 9.72 Å². The third kappa shape index (κ3) is 4.45. The molecule has 0 radical (unpaired) electrons. The van der Waals surface area contributed by atoms with Crippen LogP contribution in [0.15, 0.2) is 48.7 Å². The topological polar surface area (TPSA) is 91.9 Å². The first-order chi connectivity index (χ1) is 15.3. The first-order valence-corrected chi connectivity index (χ1v) is 11.2. The van der Waals surface area contributed by atoms with Crippen LogP contribution in [-0.4, -0.2) is 40.4 Å². The number of carbonyl (C=O) groups is 1. The van der Waals surface area contributed by atoms with Gasteiger partial charge in [0.15, 0.2) is 6.29 Å². The Morgan fingerprint density at radius 2 is 2.06 bits per heavy atom. The zero-order valence-electron chi connectivity index (χ0n) is 16.9. The maximum absolute atomic E-state index is 11.1. The molecule has 1 aliphatic heterocycles. The van der Waals surface area contributed by atoms with Crippen LogP contribution in [0.25, 0.3) is 21.6 Å². The minimum atomic E-state index is 0.493. The summed E-state index contributed by atoms with van der Waals surface area (Å²) in [5, 5.41) is 7.68. The number of fused-ring (bicyclic) bond motifs is 1. The standard InChI is InChI=1S/C23H23N5O2S/c29-14-18-7-8-20(31-18)21-19-9-12-25-22(19)28-23(27-21)26-16-3-5-17(6-4-16)30-13-10-15-2-1-11-24-15/h3-9,12,14-15,24H,1-2,10-11,13H2,(H2,25,26,27,28). The number of thiophene rings is 1. The molecule has 1 unspecified atom stereocenters. The molecule has 0 bridgehead atoms. The summed E-state index contributed by atoms with van der Waals surface area (Å²) in [7, 11) is 0. The van der Waals surface area contributed by atoms with Crippen molar-refractivity contribution in [2.24, 2.45) is 0 Å². The van der Waals surface area contributed by atoms with Gasteiger partial charge in [-0.1, -0.05) is 0 Å². The molecule has 4 aromatic rings. The lowest BCUT2D eigenvalue weighted by Gasteiger charge is -2.12. The number of nitrogens with zero attached hydrogens (tertiary/aromatic N) is 2. The largest absolute Gasteiger partial charge is 0.494 e. The van der Waals surface area contributed by atoms with Crippen LogP contribution < -0.4 is 15.4 Å². The summed E-state index contributed by atoms with van der Waals surface area (Å²) in [6, 6.07) is 14.1. The van der Waals surface area contributed by atoms with Crippen LogP contribution in [0.5, 0.6) is 5.75 Å². The van der Waals surface area contributed by atoms with Crippen molar-refractivity contribution in [1.82, 2.24) is 20.3 Å². The van der Waals surface area contributed by atoms with Gasteiger partial charge in [0.1, 0.15) is 11.4 Å². The van der Waals surface area contributed by atoms with Crippen molar-refractivity contribution in [3.05, 3.63) is 53.5 Å². The Kier molecular flexibility index (Phi) is 5.64. The fraction of sp³-hybridized carbons (Fsp3) is 0.261. The molecule has 1 aliphatic rings. The van der Waals surface area contributed by atoms with Gasteiger partial charge in [-0.2, -0.15) is 4.98 Å². The van der Waals surface area contributed by atoms with E-state index in [1.165, 1.54) is 24.2 Å². The summed E-state index contributed by atoms with van der Waals surface area (Å²) in [5.41, 5.74) is 2.42. The molecular weight excluding hydrogens is 410 g/mol. The third-order valence-corrected chi connectivity index (χ3v) is 6.42. The summed E-state index contributed by atoms with van der Waals surface area (Å²) < 4.78 is 5.88. The molecule has 1 fully saturated rings. The molecule has 0 spiro atoms. The minimum Gasteiger partial charge on any atom is -0.494 e. The van der Waals surface area contributed by atoms with Gasteiger partial charge in [-0.3, -0.25) is 4.79 Å². The summed E-state index contributed by atoms with van der Waals surface area (Å²) >= 11 is 1.42. The van der Waals surface area contributed by atoms with E-state index in [0.717, 1.165) is 52.3 Å². The van der Waals surface area contributed by atoms with Gasteiger partial charge >= 0.3 is 0 Å². The van der Waals surface area contributed by atoms with Crippen LogP contribution in [0.3, 0.4) is 0 Å². The Balaban J connectivity index is 1.30. The first-order valence-electron chi connectivity index (χ1n) is 10.4. The lowest BCUT2D eigenvalue weighted by atomic mass is 10.2. The SMILES string of the molecule is O=Cc1ccc(-c2nc(Nc3ccc(OCCC4CCCN4)cc3)nc3[nH]ccc23)s1. The van der Waals surface area contributed by atoms with E-state index in [-0.39, 0.29) is 0 Å². The number of benzene rings is 1. The van der Waals surface area contributed by atoms with Crippen LogP contribution in [0.2, 0.25) is 0 Å². The molecule has 158 valence electrons. The molecule has 1 saturated heterocycles. The summed E-state index contributed by atoms with van der Waals surface area (Å²) in [6.07, 6.45) is 6.22. The lowest BCUT2D eigenvalue weighted by molar-refractivity contribution is 0.112. The van der Waals surface area contributed by atoms with E-state index < -0.39 is 0 Å². The number of aromatic amines is 1. The van der Waals surface area contributed by atoms with Crippen molar-refractivity contribution in [3.8, 4) is 16.3 Å². The van der Waals surface area contributed by atoms with E-state index in [1.807, 2.05) is 48.7 Å². The molecule has 4 heterocycles. The van der Waals surface area contributed by atoms with Crippen molar-refractivity contribution in [2.45, 2.75) is 25.3 Å². The minimum absolute atomic E-state index is 0.493. The van der Waals surface area contributed by atoms with Gasteiger partial charge in [0.2, 0.25) is 5.95 Å². The van der Waals surface area contributed by atoms with E-state index in [0.29, 0.717) is 23.5 Å². The third-order valence-electron chi connectivity index (χ3n) is 5.40. The Hall–Kier alpha value is -3.23. The van der Waals surface area contributed by atoms with Gasteiger partial charge in [-0.05, 0) is 68.3 Å². The zero-order chi connectivity index (χ0) is 21.0. The molecule has 5 rings (SSSR count). The van der Waals surface area contributed by atoms with Crippen molar-refractivity contribution in [3.63, 3.8) is 0 Å². The first kappa shape index (κ1) is 19.7. The highest BCUT2D eigenvalue weighted by Crippen LogP contribution is 2.32. The van der Waals surface area contributed by atoms with Gasteiger partial charge in [-0.15, -0.1) is 11.3 Å². The molecule has 8 heteroatoms. The molecule has 1 aromatic carbocycles. The second-order valence-electron chi connectivity index (χ2n) is 7.54. The Morgan fingerprint density at radius 1 is 1.16 bits per heavy atom. The fourth-order valence-electron chi connectivity index (χ4n) is 3.81. The highest BCUT2D eigenvalue weighted by Gasteiger charge is 2.14. The van der Waals surface area contributed by atoms with Gasteiger partial charge in [0.05, 0.1) is 22.1 Å². The molecule has 3 aromatic heterocycles. The molecule has 0 saturated carbocycles. The quantitative estimate of drug-likeness (QED) is 0.347. The number of ether oxygens (including phenoxy) is 1. The van der Waals surface area contributed by atoms with Crippen molar-refractivity contribution in [1.29, 1.82) is 0 Å². The van der Waals surface area contributed by atoms with E-state index in [1.54, 1.807) is 0 Å². The van der Waals surface area contributed by atoms with Crippen LogP contribution in [0.4, 0.5) is 11.6 Å². The molecule has 0 aliphatic carbocycles. The Labute approximate surface area is 183 Å². The molecular formula is C23H23N5O2S. The van der Waals surface area contributed by atoms with Crippen LogP contribution in [-0.2, 0) is 0 Å². The average molecular weight is 434 g/mol. The summed E-state index contributed by atoms with van der Waals surface area (Å²) in [6.45, 7) is 1.83. The lowest BCUT2D eigenvalue weighted by Crippen LogP contribution is -2.23. The van der Waals surface area contributed by atoms with Crippen LogP contribution in [0.1, 0.15) is 28.9 Å². The second kappa shape index (κ2) is 8.87. The van der Waals surface area contributed by atoms with Gasteiger partial charge < -0.3 is 20.4 Å². The summed E-state index contributed by atoms with van der Waals surface area (Å²) in [5.74, 6) is 1.34. The highest BCUT2D eigenvalue weighted by molar-refractivity contribution is 7.17. The fourth-order valence-corrected chi connectivity index (χ4v) is 4.64. The number of hydrogen-bond acceptors (Lipinski definition) is 7.